The number of furan rings is 1. The summed E-state index contributed by atoms with van der Waals surface area (Å²) in [7, 11) is 0. The Balaban J connectivity index is 2.19. The Morgan fingerprint density at radius 3 is 2.94 bits per heavy atom. The number of aromatic nitrogens is 1. The molecule has 2 nitrogen and oxygen atoms in total. The van der Waals surface area contributed by atoms with E-state index in [0.717, 1.165) is 16.9 Å². The minimum Gasteiger partial charge on any atom is -0.464 e. The number of thiophene rings is 1. The van der Waals surface area contributed by atoms with Crippen molar-refractivity contribution in [2.24, 2.45) is 0 Å². The summed E-state index contributed by atoms with van der Waals surface area (Å²) in [5.74, 6) is 0.802. The van der Waals surface area contributed by atoms with Crippen molar-refractivity contribution in [2.75, 3.05) is 0 Å². The van der Waals surface area contributed by atoms with Crippen molar-refractivity contribution in [3.63, 3.8) is 0 Å². The molecular weight excluding hydrogens is 218 g/mol. The van der Waals surface area contributed by atoms with Crippen molar-refractivity contribution in [3.05, 3.63) is 54.4 Å². The first-order valence-electron chi connectivity index (χ1n) is 4.89. The second-order valence-electron chi connectivity index (χ2n) is 3.30. The molecule has 0 saturated heterocycles. The molecule has 0 bridgehead atoms. The van der Waals surface area contributed by atoms with Crippen LogP contribution in [0.15, 0.2) is 52.6 Å². The third-order valence-corrected chi connectivity index (χ3v) is 3.22. The number of hydrogen-bond acceptors (Lipinski definition) is 3. The summed E-state index contributed by atoms with van der Waals surface area (Å²) < 4.78 is 5.39. The first-order valence-corrected chi connectivity index (χ1v) is 5.77. The SMILES string of the molecule is [c]1nccc(-c2cccs2)c1-c1ccco1. The van der Waals surface area contributed by atoms with Crippen molar-refractivity contribution < 1.29 is 4.42 Å². The quantitative estimate of drug-likeness (QED) is 0.663. The molecule has 0 atom stereocenters. The van der Waals surface area contributed by atoms with Crippen molar-refractivity contribution in [1.82, 2.24) is 4.98 Å². The zero-order chi connectivity index (χ0) is 10.8. The second-order valence-corrected chi connectivity index (χ2v) is 4.25. The molecule has 3 heteroatoms. The molecule has 0 unspecified atom stereocenters. The van der Waals surface area contributed by atoms with Crippen molar-refractivity contribution in [1.29, 1.82) is 0 Å². The van der Waals surface area contributed by atoms with Gasteiger partial charge in [-0.1, -0.05) is 6.07 Å². The van der Waals surface area contributed by atoms with Crippen LogP contribution in [0.4, 0.5) is 0 Å². The monoisotopic (exact) mass is 226 g/mol. The lowest BCUT2D eigenvalue weighted by molar-refractivity contribution is 0.582. The molecule has 77 valence electrons. The van der Waals surface area contributed by atoms with Gasteiger partial charge in [0.25, 0.3) is 0 Å². The molecule has 0 aliphatic heterocycles. The Bertz CT molecular complexity index is 517. The third-order valence-electron chi connectivity index (χ3n) is 2.32. The lowest BCUT2D eigenvalue weighted by Gasteiger charge is -2.03. The van der Waals surface area contributed by atoms with Crippen molar-refractivity contribution in [2.45, 2.75) is 0 Å². The van der Waals surface area contributed by atoms with Gasteiger partial charge in [0.2, 0.25) is 0 Å². The maximum absolute atomic E-state index is 5.39. The molecule has 3 rings (SSSR count). The predicted octanol–water partition coefficient (Wildman–Crippen LogP) is 3.87. The van der Waals surface area contributed by atoms with Gasteiger partial charge in [0.15, 0.2) is 0 Å². The van der Waals surface area contributed by atoms with E-state index in [2.05, 4.69) is 22.6 Å². The van der Waals surface area contributed by atoms with Crippen LogP contribution in [0.5, 0.6) is 0 Å². The van der Waals surface area contributed by atoms with Gasteiger partial charge in [0, 0.05) is 16.6 Å². The lowest BCUT2D eigenvalue weighted by atomic mass is 10.1. The molecule has 0 fully saturated rings. The van der Waals surface area contributed by atoms with Crippen molar-refractivity contribution in [3.8, 4) is 21.8 Å². The molecule has 0 spiro atoms. The summed E-state index contributed by atoms with van der Waals surface area (Å²) in [4.78, 5) is 5.23. The number of hydrogen-bond donors (Lipinski definition) is 0. The van der Waals surface area contributed by atoms with E-state index in [9.17, 15) is 0 Å². The van der Waals surface area contributed by atoms with Crippen LogP contribution in [-0.2, 0) is 0 Å². The summed E-state index contributed by atoms with van der Waals surface area (Å²) in [6.07, 6.45) is 6.40. The maximum atomic E-state index is 5.39. The van der Waals surface area contributed by atoms with Crippen LogP contribution in [0.2, 0.25) is 0 Å². The smallest absolute Gasteiger partial charge is 0.136 e. The third kappa shape index (κ3) is 1.55. The minimum atomic E-state index is 0.802. The van der Waals surface area contributed by atoms with Crippen LogP contribution in [0, 0.1) is 6.20 Å². The second kappa shape index (κ2) is 3.94. The molecule has 3 heterocycles. The van der Waals surface area contributed by atoms with Crippen molar-refractivity contribution >= 4 is 11.3 Å². The fourth-order valence-corrected chi connectivity index (χ4v) is 2.36. The Morgan fingerprint density at radius 2 is 2.19 bits per heavy atom. The Hall–Kier alpha value is -1.87. The molecule has 0 saturated carbocycles. The van der Waals surface area contributed by atoms with Gasteiger partial charge in [-0.25, -0.2) is 0 Å². The van der Waals surface area contributed by atoms with Gasteiger partial charge >= 0.3 is 0 Å². The highest BCUT2D eigenvalue weighted by Crippen LogP contribution is 2.33. The summed E-state index contributed by atoms with van der Waals surface area (Å²) >= 11 is 1.70. The van der Waals surface area contributed by atoms with E-state index in [4.69, 9.17) is 4.42 Å². The highest BCUT2D eigenvalue weighted by atomic mass is 32.1. The van der Waals surface area contributed by atoms with E-state index in [-0.39, 0.29) is 0 Å². The number of pyridine rings is 1. The molecule has 0 aromatic carbocycles. The zero-order valence-corrected chi connectivity index (χ0v) is 9.20. The summed E-state index contributed by atoms with van der Waals surface area (Å²) in [5.41, 5.74) is 2.02. The van der Waals surface area contributed by atoms with Gasteiger partial charge in [-0.15, -0.1) is 11.3 Å². The topological polar surface area (TPSA) is 26.0 Å². The molecule has 3 aromatic heterocycles. The van der Waals surface area contributed by atoms with Crippen LogP contribution in [-0.4, -0.2) is 4.98 Å². The molecular formula is C13H8NOS. The van der Waals surface area contributed by atoms with E-state index in [1.807, 2.05) is 24.3 Å². The van der Waals surface area contributed by atoms with Crippen LogP contribution < -0.4 is 0 Å². The lowest BCUT2D eigenvalue weighted by Crippen LogP contribution is -1.83. The van der Waals surface area contributed by atoms with Gasteiger partial charge < -0.3 is 4.42 Å². The normalized spacial score (nSPS) is 10.5. The largest absolute Gasteiger partial charge is 0.464 e. The summed E-state index contributed by atoms with van der Waals surface area (Å²) in [6.45, 7) is 0. The minimum absolute atomic E-state index is 0.802. The molecule has 0 aliphatic rings. The maximum Gasteiger partial charge on any atom is 0.136 e. The molecule has 3 aromatic rings. The van der Waals surface area contributed by atoms with Gasteiger partial charge in [0.1, 0.15) is 12.0 Å². The highest BCUT2D eigenvalue weighted by molar-refractivity contribution is 7.13. The van der Waals surface area contributed by atoms with Gasteiger partial charge in [-0.3, -0.25) is 4.98 Å². The summed E-state index contributed by atoms with van der Waals surface area (Å²) in [5, 5.41) is 2.06. The average Bonchev–Trinajstić information content (AvgIpc) is 3.03. The van der Waals surface area contributed by atoms with Crippen LogP contribution >= 0.6 is 11.3 Å². The Morgan fingerprint density at radius 1 is 1.19 bits per heavy atom. The molecule has 16 heavy (non-hydrogen) atoms. The van der Waals surface area contributed by atoms with Crippen LogP contribution in [0.1, 0.15) is 0 Å². The Labute approximate surface area is 97.2 Å². The number of rotatable bonds is 2. The van der Waals surface area contributed by atoms with E-state index < -0.39 is 0 Å². The van der Waals surface area contributed by atoms with Crippen LogP contribution in [0.25, 0.3) is 21.8 Å². The standard InChI is InChI=1S/C13H8NOS/c1-3-12(15-7-1)11-9-14-6-5-10(11)13-4-2-8-16-13/h1-8H. The fourth-order valence-electron chi connectivity index (χ4n) is 1.60. The fraction of sp³-hybridized carbons (Fsp3) is 0. The van der Waals surface area contributed by atoms with Crippen LogP contribution in [0.3, 0.4) is 0 Å². The average molecular weight is 226 g/mol. The van der Waals surface area contributed by atoms with Gasteiger partial charge in [-0.2, -0.15) is 0 Å². The zero-order valence-electron chi connectivity index (χ0n) is 8.38. The summed E-state index contributed by atoms with van der Waals surface area (Å²) in [6, 6.07) is 9.89. The van der Waals surface area contributed by atoms with E-state index in [1.165, 1.54) is 4.88 Å². The highest BCUT2D eigenvalue weighted by Gasteiger charge is 2.10. The Kier molecular flexibility index (Phi) is 2.31. The van der Waals surface area contributed by atoms with E-state index in [1.54, 1.807) is 23.8 Å². The molecule has 0 N–H and O–H groups in total. The first kappa shape index (κ1) is 9.36. The van der Waals surface area contributed by atoms with Gasteiger partial charge in [-0.05, 0) is 29.6 Å². The number of nitrogens with zero attached hydrogens (tertiary/aromatic N) is 1. The molecule has 0 aliphatic carbocycles. The molecule has 0 amide bonds. The van der Waals surface area contributed by atoms with E-state index >= 15 is 0 Å². The first-order chi connectivity index (χ1) is 7.95. The molecule has 1 radical (unpaired) electrons. The van der Waals surface area contributed by atoms with Gasteiger partial charge in [0.05, 0.1) is 11.8 Å². The predicted molar refractivity (Wildman–Crippen MR) is 64.1 cm³/mol. The van der Waals surface area contributed by atoms with E-state index in [0.29, 0.717) is 0 Å².